The Hall–Kier alpha value is -0.870. The van der Waals surface area contributed by atoms with Gasteiger partial charge in [-0.1, -0.05) is 29.3 Å². The van der Waals surface area contributed by atoms with E-state index in [1.807, 2.05) is 0 Å². The standard InChI is InChI=1S/C13H18BrN3/c1-3-4-9(7-15)13-16-11-6-10(14)5-8(2)12(11)17-13/h5-6,9H,3-4,7,15H2,1-2H3,(H,16,17). The van der Waals surface area contributed by atoms with Gasteiger partial charge in [-0.2, -0.15) is 0 Å². The quantitative estimate of drug-likeness (QED) is 0.907. The second-order valence-electron chi connectivity index (χ2n) is 4.46. The molecular formula is C13H18BrN3. The van der Waals surface area contributed by atoms with Crippen LogP contribution in [0.25, 0.3) is 11.0 Å². The second kappa shape index (κ2) is 5.19. The summed E-state index contributed by atoms with van der Waals surface area (Å²) in [4.78, 5) is 8.08. The molecule has 1 aromatic carbocycles. The van der Waals surface area contributed by atoms with Gasteiger partial charge in [-0.15, -0.1) is 0 Å². The first-order chi connectivity index (χ1) is 8.15. The molecule has 0 aliphatic heterocycles. The summed E-state index contributed by atoms with van der Waals surface area (Å²) in [6.07, 6.45) is 2.21. The van der Waals surface area contributed by atoms with E-state index in [4.69, 9.17) is 5.73 Å². The normalized spacial score (nSPS) is 13.2. The zero-order valence-corrected chi connectivity index (χ0v) is 11.8. The van der Waals surface area contributed by atoms with E-state index < -0.39 is 0 Å². The van der Waals surface area contributed by atoms with Crippen LogP contribution in [-0.2, 0) is 0 Å². The van der Waals surface area contributed by atoms with Crippen LogP contribution >= 0.6 is 15.9 Å². The third-order valence-electron chi connectivity index (χ3n) is 3.07. The molecule has 0 aliphatic rings. The Bertz CT molecular complexity index is 519. The molecule has 0 saturated carbocycles. The van der Waals surface area contributed by atoms with Crippen LogP contribution < -0.4 is 5.73 Å². The Morgan fingerprint density at radius 1 is 1.47 bits per heavy atom. The summed E-state index contributed by atoms with van der Waals surface area (Å²) in [7, 11) is 0. The van der Waals surface area contributed by atoms with Crippen LogP contribution in [0.1, 0.15) is 37.1 Å². The molecule has 2 rings (SSSR count). The molecule has 3 nitrogen and oxygen atoms in total. The fourth-order valence-corrected chi connectivity index (χ4v) is 2.75. The number of hydrogen-bond donors (Lipinski definition) is 2. The molecule has 1 unspecified atom stereocenters. The Labute approximate surface area is 110 Å². The Morgan fingerprint density at radius 2 is 2.24 bits per heavy atom. The van der Waals surface area contributed by atoms with Crippen molar-refractivity contribution in [2.45, 2.75) is 32.6 Å². The van der Waals surface area contributed by atoms with E-state index in [9.17, 15) is 0 Å². The van der Waals surface area contributed by atoms with Crippen LogP contribution in [0.15, 0.2) is 16.6 Å². The Kier molecular flexibility index (Phi) is 3.84. The number of rotatable bonds is 4. The van der Waals surface area contributed by atoms with Crippen LogP contribution in [0, 0.1) is 6.92 Å². The molecule has 0 saturated heterocycles. The van der Waals surface area contributed by atoms with Crippen molar-refractivity contribution < 1.29 is 0 Å². The van der Waals surface area contributed by atoms with Gasteiger partial charge < -0.3 is 10.7 Å². The molecule has 0 fully saturated rings. The first-order valence-corrected chi connectivity index (χ1v) is 6.80. The third kappa shape index (κ3) is 2.53. The Morgan fingerprint density at radius 3 is 2.88 bits per heavy atom. The maximum Gasteiger partial charge on any atom is 0.111 e. The van der Waals surface area contributed by atoms with Crippen LogP contribution in [0.3, 0.4) is 0 Å². The first-order valence-electron chi connectivity index (χ1n) is 6.01. The van der Waals surface area contributed by atoms with E-state index in [0.717, 1.165) is 34.2 Å². The smallest absolute Gasteiger partial charge is 0.111 e. The fraction of sp³-hybridized carbons (Fsp3) is 0.462. The van der Waals surface area contributed by atoms with Gasteiger partial charge in [-0.25, -0.2) is 4.98 Å². The van der Waals surface area contributed by atoms with Crippen LogP contribution in [-0.4, -0.2) is 16.5 Å². The second-order valence-corrected chi connectivity index (χ2v) is 5.38. The van der Waals surface area contributed by atoms with Gasteiger partial charge in [0.15, 0.2) is 0 Å². The third-order valence-corrected chi connectivity index (χ3v) is 3.53. The van der Waals surface area contributed by atoms with Crippen molar-refractivity contribution in [3.05, 3.63) is 28.0 Å². The lowest BCUT2D eigenvalue weighted by molar-refractivity contribution is 0.596. The highest BCUT2D eigenvalue weighted by Crippen LogP contribution is 2.25. The number of nitrogens with zero attached hydrogens (tertiary/aromatic N) is 1. The number of imidazole rings is 1. The molecule has 1 aromatic heterocycles. The molecule has 0 aliphatic carbocycles. The molecule has 3 N–H and O–H groups in total. The number of nitrogens with two attached hydrogens (primary N) is 1. The number of aryl methyl sites for hydroxylation is 1. The SMILES string of the molecule is CCCC(CN)c1nc2c(C)cc(Br)cc2[nH]1. The molecule has 0 bridgehead atoms. The largest absolute Gasteiger partial charge is 0.342 e. The van der Waals surface area contributed by atoms with E-state index in [1.165, 1.54) is 5.56 Å². The van der Waals surface area contributed by atoms with Crippen molar-refractivity contribution in [3.8, 4) is 0 Å². The van der Waals surface area contributed by atoms with Gasteiger partial charge in [0.05, 0.1) is 11.0 Å². The number of aromatic amines is 1. The highest BCUT2D eigenvalue weighted by Gasteiger charge is 2.14. The minimum Gasteiger partial charge on any atom is -0.342 e. The molecule has 92 valence electrons. The molecule has 1 atom stereocenters. The molecular weight excluding hydrogens is 278 g/mol. The van der Waals surface area contributed by atoms with Crippen molar-refractivity contribution in [1.29, 1.82) is 0 Å². The van der Waals surface area contributed by atoms with Gasteiger partial charge in [0.2, 0.25) is 0 Å². The summed E-state index contributed by atoms with van der Waals surface area (Å²) in [6, 6.07) is 4.16. The number of benzene rings is 1. The number of aromatic nitrogens is 2. The first kappa shape index (κ1) is 12.6. The molecule has 0 radical (unpaired) electrons. The lowest BCUT2D eigenvalue weighted by Crippen LogP contribution is -2.13. The number of hydrogen-bond acceptors (Lipinski definition) is 2. The summed E-state index contributed by atoms with van der Waals surface area (Å²) < 4.78 is 1.08. The lowest BCUT2D eigenvalue weighted by atomic mass is 10.0. The molecule has 2 aromatic rings. The fourth-order valence-electron chi connectivity index (χ4n) is 2.17. The van der Waals surface area contributed by atoms with Crippen LogP contribution in [0.4, 0.5) is 0 Å². The van der Waals surface area contributed by atoms with Crippen molar-refractivity contribution in [2.75, 3.05) is 6.54 Å². The zero-order chi connectivity index (χ0) is 12.4. The average molecular weight is 296 g/mol. The minimum atomic E-state index is 0.338. The van der Waals surface area contributed by atoms with Crippen molar-refractivity contribution in [2.24, 2.45) is 5.73 Å². The van der Waals surface area contributed by atoms with E-state index in [2.05, 4.69) is 51.9 Å². The number of nitrogens with one attached hydrogen (secondary N) is 1. The monoisotopic (exact) mass is 295 g/mol. The van der Waals surface area contributed by atoms with Crippen molar-refractivity contribution >= 4 is 27.0 Å². The Balaban J connectivity index is 2.46. The molecule has 17 heavy (non-hydrogen) atoms. The van der Waals surface area contributed by atoms with E-state index >= 15 is 0 Å². The number of fused-ring (bicyclic) bond motifs is 1. The van der Waals surface area contributed by atoms with E-state index in [0.29, 0.717) is 12.5 Å². The van der Waals surface area contributed by atoms with Crippen molar-refractivity contribution in [1.82, 2.24) is 9.97 Å². The van der Waals surface area contributed by atoms with Crippen LogP contribution in [0.5, 0.6) is 0 Å². The highest BCUT2D eigenvalue weighted by molar-refractivity contribution is 9.10. The summed E-state index contributed by atoms with van der Waals surface area (Å²) in [6.45, 7) is 4.90. The number of H-pyrrole nitrogens is 1. The molecule has 0 amide bonds. The average Bonchev–Trinajstić information content (AvgIpc) is 2.69. The van der Waals surface area contributed by atoms with Gasteiger partial charge in [-0.05, 0) is 31.0 Å². The van der Waals surface area contributed by atoms with Gasteiger partial charge in [-0.3, -0.25) is 0 Å². The molecule has 4 heteroatoms. The van der Waals surface area contributed by atoms with Crippen LogP contribution in [0.2, 0.25) is 0 Å². The van der Waals surface area contributed by atoms with Gasteiger partial charge in [0.1, 0.15) is 5.82 Å². The lowest BCUT2D eigenvalue weighted by Gasteiger charge is -2.09. The predicted molar refractivity (Wildman–Crippen MR) is 75.2 cm³/mol. The summed E-state index contributed by atoms with van der Waals surface area (Å²) in [5.41, 5.74) is 9.13. The zero-order valence-electron chi connectivity index (χ0n) is 10.3. The minimum absolute atomic E-state index is 0.338. The molecule has 0 spiro atoms. The summed E-state index contributed by atoms with van der Waals surface area (Å²) >= 11 is 3.50. The highest BCUT2D eigenvalue weighted by atomic mass is 79.9. The maximum absolute atomic E-state index is 5.81. The summed E-state index contributed by atoms with van der Waals surface area (Å²) in [5.74, 6) is 1.36. The number of halogens is 1. The van der Waals surface area contributed by atoms with Gasteiger partial charge in [0.25, 0.3) is 0 Å². The predicted octanol–water partition coefficient (Wildman–Crippen LogP) is 3.48. The van der Waals surface area contributed by atoms with E-state index in [-0.39, 0.29) is 0 Å². The molecule has 1 heterocycles. The van der Waals surface area contributed by atoms with Crippen molar-refractivity contribution in [3.63, 3.8) is 0 Å². The van der Waals surface area contributed by atoms with Gasteiger partial charge >= 0.3 is 0 Å². The summed E-state index contributed by atoms with van der Waals surface area (Å²) in [5, 5.41) is 0. The topological polar surface area (TPSA) is 54.7 Å². The van der Waals surface area contributed by atoms with E-state index in [1.54, 1.807) is 0 Å². The maximum atomic E-state index is 5.81. The van der Waals surface area contributed by atoms with Gasteiger partial charge in [0, 0.05) is 16.9 Å².